The van der Waals surface area contributed by atoms with Crippen molar-refractivity contribution in [1.29, 1.82) is 0 Å². The van der Waals surface area contributed by atoms with Crippen LogP contribution in [0.15, 0.2) is 48.8 Å². The largest absolute Gasteiger partial charge is 0.435 e. The molecule has 0 saturated heterocycles. The molecule has 0 fully saturated rings. The number of rotatable bonds is 4. The molecule has 166 valence electrons. The highest BCUT2D eigenvalue weighted by atomic mass is 19.4. The summed E-state index contributed by atoms with van der Waals surface area (Å²) < 4.78 is 41.8. The van der Waals surface area contributed by atoms with Gasteiger partial charge in [0.2, 0.25) is 0 Å². The van der Waals surface area contributed by atoms with Crippen molar-refractivity contribution in [1.82, 2.24) is 29.5 Å². The van der Waals surface area contributed by atoms with Crippen LogP contribution in [-0.4, -0.2) is 29.5 Å². The van der Waals surface area contributed by atoms with E-state index < -0.39 is 17.3 Å². The maximum absolute atomic E-state index is 13.0. The Kier molecular flexibility index (Phi) is 5.15. The predicted molar refractivity (Wildman–Crippen MR) is 114 cm³/mol. The van der Waals surface area contributed by atoms with E-state index in [4.69, 9.17) is 4.98 Å². The first-order chi connectivity index (χ1) is 14.9. The number of alkyl halides is 3. The van der Waals surface area contributed by atoms with E-state index in [0.29, 0.717) is 17.3 Å². The van der Waals surface area contributed by atoms with Gasteiger partial charge in [-0.25, -0.2) is 19.3 Å². The summed E-state index contributed by atoms with van der Waals surface area (Å²) in [6.07, 6.45) is -1.39. The van der Waals surface area contributed by atoms with Gasteiger partial charge < -0.3 is 0 Å². The molecule has 6 nitrogen and oxygen atoms in total. The van der Waals surface area contributed by atoms with Crippen molar-refractivity contribution in [3.05, 3.63) is 82.7 Å². The smallest absolute Gasteiger partial charge is 0.233 e. The average molecular weight is 440 g/mol. The van der Waals surface area contributed by atoms with Crippen LogP contribution in [-0.2, 0) is 11.6 Å². The summed E-state index contributed by atoms with van der Waals surface area (Å²) in [5.74, 6) is 1.01. The van der Waals surface area contributed by atoms with E-state index in [1.54, 1.807) is 10.7 Å². The second-order valence-electron chi connectivity index (χ2n) is 8.45. The van der Waals surface area contributed by atoms with Gasteiger partial charge in [0.15, 0.2) is 17.3 Å². The van der Waals surface area contributed by atoms with Gasteiger partial charge in [-0.05, 0) is 82.1 Å². The lowest BCUT2D eigenvalue weighted by Gasteiger charge is -2.25. The van der Waals surface area contributed by atoms with Gasteiger partial charge in [0.1, 0.15) is 0 Å². The van der Waals surface area contributed by atoms with Crippen molar-refractivity contribution in [2.24, 2.45) is 0 Å². The van der Waals surface area contributed by atoms with Gasteiger partial charge in [0.05, 0.1) is 17.1 Å². The molecule has 0 unspecified atom stereocenters. The van der Waals surface area contributed by atoms with E-state index in [2.05, 4.69) is 15.2 Å². The maximum atomic E-state index is 13.0. The Balaban J connectivity index is 1.78. The summed E-state index contributed by atoms with van der Waals surface area (Å²) in [6.45, 7) is 9.75. The first kappa shape index (κ1) is 21.7. The first-order valence-electron chi connectivity index (χ1n) is 10.1. The van der Waals surface area contributed by atoms with Crippen LogP contribution < -0.4 is 0 Å². The van der Waals surface area contributed by atoms with Crippen molar-refractivity contribution in [2.75, 3.05) is 0 Å². The number of hydrogen-bond donors (Lipinski definition) is 0. The monoisotopic (exact) mass is 440 g/mol. The van der Waals surface area contributed by atoms with Crippen LogP contribution in [0.3, 0.4) is 0 Å². The van der Waals surface area contributed by atoms with Gasteiger partial charge in [0.25, 0.3) is 0 Å². The minimum Gasteiger partial charge on any atom is -0.233 e. The minimum absolute atomic E-state index is 0.319. The van der Waals surface area contributed by atoms with Crippen LogP contribution in [0.2, 0.25) is 0 Å². The van der Waals surface area contributed by atoms with Crippen LogP contribution in [0.5, 0.6) is 0 Å². The number of aryl methyl sites for hydroxylation is 3. The molecule has 0 saturated carbocycles. The summed E-state index contributed by atoms with van der Waals surface area (Å²) in [4.78, 5) is 9.48. The number of pyridine rings is 2. The minimum atomic E-state index is -4.51. The summed E-state index contributed by atoms with van der Waals surface area (Å²) in [5.41, 5.74) is 2.64. The molecule has 0 aliphatic carbocycles. The topological polar surface area (TPSA) is 61.4 Å². The van der Waals surface area contributed by atoms with Gasteiger partial charge in [-0.2, -0.15) is 23.4 Å². The second kappa shape index (κ2) is 7.58. The third-order valence-corrected chi connectivity index (χ3v) is 5.26. The van der Waals surface area contributed by atoms with Crippen molar-refractivity contribution >= 4 is 0 Å². The fourth-order valence-electron chi connectivity index (χ4n) is 3.45. The molecule has 0 amide bonds. The molecule has 32 heavy (non-hydrogen) atoms. The van der Waals surface area contributed by atoms with E-state index in [-0.39, 0.29) is 0 Å². The molecule has 0 bridgehead atoms. The molecule has 4 heterocycles. The van der Waals surface area contributed by atoms with Crippen LogP contribution >= 0.6 is 0 Å². The fraction of sp³-hybridized carbons (Fsp3) is 0.304. The Morgan fingerprint density at radius 1 is 0.688 bits per heavy atom. The average Bonchev–Trinajstić information content (AvgIpc) is 3.36. The Labute approximate surface area is 183 Å². The van der Waals surface area contributed by atoms with Crippen LogP contribution in [0.4, 0.5) is 13.2 Å². The zero-order chi connectivity index (χ0) is 23.3. The van der Waals surface area contributed by atoms with Gasteiger partial charge in [-0.15, -0.1) is 0 Å². The number of nitrogens with zero attached hydrogens (tertiary/aromatic N) is 6. The highest BCUT2D eigenvalue weighted by Crippen LogP contribution is 2.32. The molecule has 0 aromatic carbocycles. The molecule has 9 heteroatoms. The lowest BCUT2D eigenvalue weighted by Crippen LogP contribution is -2.24. The summed E-state index contributed by atoms with van der Waals surface area (Å²) in [7, 11) is 0. The van der Waals surface area contributed by atoms with Gasteiger partial charge in [-0.3, -0.25) is 0 Å². The zero-order valence-electron chi connectivity index (χ0n) is 18.4. The molecular weight excluding hydrogens is 417 g/mol. The highest BCUT2D eigenvalue weighted by molar-refractivity contribution is 5.40. The molecule has 0 aliphatic rings. The third-order valence-electron chi connectivity index (χ3n) is 5.26. The lowest BCUT2D eigenvalue weighted by molar-refractivity contribution is -0.141. The standard InChI is InChI=1S/C23H23F3N6/c1-14-10-18(27-20(12-14)31-8-6-16(3)29-31)22(4,5)19-11-15(2)13-21(28-19)32-9-7-17(30-32)23(24,25)26/h6-13H,1-5H3. The summed E-state index contributed by atoms with van der Waals surface area (Å²) >= 11 is 0. The van der Waals surface area contributed by atoms with E-state index >= 15 is 0 Å². The molecule has 0 spiro atoms. The van der Waals surface area contributed by atoms with Crippen molar-refractivity contribution in [2.45, 2.75) is 46.2 Å². The first-order valence-corrected chi connectivity index (χ1v) is 10.1. The molecule has 0 aliphatic heterocycles. The maximum Gasteiger partial charge on any atom is 0.435 e. The molecule has 4 aromatic rings. The SMILES string of the molecule is Cc1cc(-n2ccc(C)n2)nc(C(C)(C)c2cc(C)cc(-n3ccc(C(F)(F)F)n3)n2)c1. The fourth-order valence-corrected chi connectivity index (χ4v) is 3.45. The normalized spacial score (nSPS) is 12.4. The van der Waals surface area contributed by atoms with E-state index in [1.165, 1.54) is 6.20 Å². The van der Waals surface area contributed by atoms with E-state index in [0.717, 1.165) is 33.3 Å². The van der Waals surface area contributed by atoms with Crippen molar-refractivity contribution < 1.29 is 13.2 Å². The van der Waals surface area contributed by atoms with Crippen LogP contribution in [0, 0.1) is 20.8 Å². The molecular formula is C23H23F3N6. The predicted octanol–water partition coefficient (Wildman–Crippen LogP) is 5.12. The Bertz CT molecular complexity index is 1280. The number of hydrogen-bond acceptors (Lipinski definition) is 4. The molecule has 0 atom stereocenters. The van der Waals surface area contributed by atoms with Gasteiger partial charge in [-0.1, -0.05) is 0 Å². The van der Waals surface area contributed by atoms with E-state index in [9.17, 15) is 13.2 Å². The van der Waals surface area contributed by atoms with E-state index in [1.807, 2.05) is 65.1 Å². The van der Waals surface area contributed by atoms with Gasteiger partial charge >= 0.3 is 6.18 Å². The molecule has 4 aromatic heterocycles. The Morgan fingerprint density at radius 2 is 1.19 bits per heavy atom. The highest BCUT2D eigenvalue weighted by Gasteiger charge is 2.34. The zero-order valence-corrected chi connectivity index (χ0v) is 18.4. The lowest BCUT2D eigenvalue weighted by atomic mass is 9.83. The molecule has 4 rings (SSSR count). The number of aromatic nitrogens is 6. The van der Waals surface area contributed by atoms with Crippen molar-refractivity contribution in [3.8, 4) is 11.6 Å². The quantitative estimate of drug-likeness (QED) is 0.442. The number of halogens is 3. The molecule has 0 radical (unpaired) electrons. The summed E-state index contributed by atoms with van der Waals surface area (Å²) in [5, 5.41) is 8.10. The summed E-state index contributed by atoms with van der Waals surface area (Å²) in [6, 6.07) is 10.4. The Hall–Kier alpha value is -3.49. The van der Waals surface area contributed by atoms with Crippen LogP contribution in [0.1, 0.15) is 47.8 Å². The second-order valence-corrected chi connectivity index (χ2v) is 8.45. The Morgan fingerprint density at radius 3 is 1.62 bits per heavy atom. The molecule has 0 N–H and O–H groups in total. The van der Waals surface area contributed by atoms with Gasteiger partial charge in [0, 0.05) is 17.8 Å². The van der Waals surface area contributed by atoms with Crippen LogP contribution in [0.25, 0.3) is 11.6 Å². The third kappa shape index (κ3) is 4.15. The van der Waals surface area contributed by atoms with Crippen molar-refractivity contribution in [3.63, 3.8) is 0 Å².